The lowest BCUT2D eigenvalue weighted by Crippen LogP contribution is -2.50. The van der Waals surface area contributed by atoms with E-state index in [-0.39, 0.29) is 24.5 Å². The maximum Gasteiger partial charge on any atom is 0.321 e. The van der Waals surface area contributed by atoms with Crippen LogP contribution in [0, 0.1) is 13.8 Å². The Morgan fingerprint density at radius 3 is 2.67 bits per heavy atom. The molecule has 1 aliphatic rings. The van der Waals surface area contributed by atoms with Crippen LogP contribution >= 0.6 is 0 Å². The zero-order valence-corrected chi connectivity index (χ0v) is 12.8. The number of urea groups is 1. The number of imide groups is 1. The van der Waals surface area contributed by atoms with Gasteiger partial charge >= 0.3 is 6.03 Å². The van der Waals surface area contributed by atoms with Gasteiger partial charge in [0, 0.05) is 24.6 Å². The first-order chi connectivity index (χ1) is 10.1. The molecule has 1 aromatic rings. The summed E-state index contributed by atoms with van der Waals surface area (Å²) in [5.74, 6) is -0.290. The van der Waals surface area contributed by atoms with Crippen molar-refractivity contribution < 1.29 is 14.2 Å². The van der Waals surface area contributed by atoms with E-state index in [1.54, 1.807) is 0 Å². The number of carbonyl (C=O) groups excluding carboxylic acids is 2. The number of aromatic nitrogens is 1. The Hall–Kier alpha value is -1.91. The first-order valence-corrected chi connectivity index (χ1v) is 7.62. The smallest absolute Gasteiger partial charge is 0.321 e. The first kappa shape index (κ1) is 15.5. The van der Waals surface area contributed by atoms with Crippen molar-refractivity contribution in [2.45, 2.75) is 58.5 Å². The molecule has 1 aromatic heterocycles. The number of carbonyl (C=O) groups is 2. The molecule has 0 saturated heterocycles. The van der Waals surface area contributed by atoms with Crippen LogP contribution in [0.2, 0.25) is 0 Å². The second-order valence-electron chi connectivity index (χ2n) is 5.76. The lowest BCUT2D eigenvalue weighted by Gasteiger charge is -2.22. The van der Waals surface area contributed by atoms with Crippen molar-refractivity contribution in [2.24, 2.45) is 0 Å². The summed E-state index contributed by atoms with van der Waals surface area (Å²) in [7, 11) is 0. The minimum Gasteiger partial charge on any atom is -0.335 e. The van der Waals surface area contributed by atoms with E-state index in [2.05, 4.69) is 10.6 Å². The van der Waals surface area contributed by atoms with E-state index in [1.807, 2.05) is 36.7 Å². The van der Waals surface area contributed by atoms with Gasteiger partial charge in [-0.3, -0.25) is 10.1 Å². The molecule has 5 heteroatoms. The largest absolute Gasteiger partial charge is 0.335 e. The van der Waals surface area contributed by atoms with Crippen molar-refractivity contribution >= 4 is 11.9 Å². The van der Waals surface area contributed by atoms with E-state index in [0.29, 0.717) is 0 Å². The normalized spacial score (nSPS) is 15.5. The van der Waals surface area contributed by atoms with Gasteiger partial charge in [-0.05, 0) is 25.8 Å². The average molecular weight is 290 g/mol. The number of hydrogen-bond acceptors (Lipinski definition) is 2. The van der Waals surface area contributed by atoms with E-state index < -0.39 is 0 Å². The van der Waals surface area contributed by atoms with E-state index in [9.17, 15) is 9.59 Å². The summed E-state index contributed by atoms with van der Waals surface area (Å²) in [5.41, 5.74) is 2.15. The summed E-state index contributed by atoms with van der Waals surface area (Å²) in [6.07, 6.45) is 7.40. The molecule has 0 atom stereocenters. The predicted octanol–water partition coefficient (Wildman–Crippen LogP) is 1.75. The Labute approximate surface area is 125 Å². The van der Waals surface area contributed by atoms with Gasteiger partial charge in [0.15, 0.2) is 11.9 Å². The Morgan fingerprint density at radius 2 is 1.95 bits per heavy atom. The molecule has 0 aliphatic heterocycles. The highest BCUT2D eigenvalue weighted by Gasteiger charge is 2.19. The lowest BCUT2D eigenvalue weighted by atomic mass is 9.96. The number of pyridine rings is 1. The molecule has 0 bridgehead atoms. The van der Waals surface area contributed by atoms with Gasteiger partial charge in [-0.25, -0.2) is 4.79 Å². The highest BCUT2D eigenvalue weighted by molar-refractivity contribution is 5.93. The van der Waals surface area contributed by atoms with E-state index in [4.69, 9.17) is 0 Å². The van der Waals surface area contributed by atoms with E-state index in [0.717, 1.165) is 36.9 Å². The zero-order valence-electron chi connectivity index (χ0n) is 12.8. The molecule has 5 nitrogen and oxygen atoms in total. The van der Waals surface area contributed by atoms with Crippen molar-refractivity contribution in [3.8, 4) is 0 Å². The molecule has 1 fully saturated rings. The van der Waals surface area contributed by atoms with E-state index in [1.165, 1.54) is 6.42 Å². The Balaban J connectivity index is 1.83. The molecule has 0 unspecified atom stereocenters. The topological polar surface area (TPSA) is 62.1 Å². The molecule has 21 heavy (non-hydrogen) atoms. The van der Waals surface area contributed by atoms with Crippen molar-refractivity contribution in [3.63, 3.8) is 0 Å². The molecule has 1 saturated carbocycles. The second-order valence-corrected chi connectivity index (χ2v) is 5.76. The average Bonchev–Trinajstić information content (AvgIpc) is 2.44. The zero-order chi connectivity index (χ0) is 15.2. The number of rotatable bonds is 3. The highest BCUT2D eigenvalue weighted by atomic mass is 16.2. The lowest BCUT2D eigenvalue weighted by molar-refractivity contribution is -0.690. The molecule has 0 radical (unpaired) electrons. The van der Waals surface area contributed by atoms with Crippen molar-refractivity contribution in [2.75, 3.05) is 0 Å². The van der Waals surface area contributed by atoms with Crippen LogP contribution in [-0.4, -0.2) is 18.0 Å². The van der Waals surface area contributed by atoms with Gasteiger partial charge in [0.05, 0.1) is 0 Å². The summed E-state index contributed by atoms with van der Waals surface area (Å²) in [4.78, 5) is 23.7. The van der Waals surface area contributed by atoms with Crippen LogP contribution in [0.25, 0.3) is 0 Å². The molecule has 114 valence electrons. The van der Waals surface area contributed by atoms with E-state index >= 15 is 0 Å². The van der Waals surface area contributed by atoms with Gasteiger partial charge < -0.3 is 5.32 Å². The quantitative estimate of drug-likeness (QED) is 0.833. The fraction of sp³-hybridized carbons (Fsp3) is 0.562. The first-order valence-electron chi connectivity index (χ1n) is 7.62. The van der Waals surface area contributed by atoms with Gasteiger partial charge in [0.25, 0.3) is 5.91 Å². The third-order valence-corrected chi connectivity index (χ3v) is 4.12. The summed E-state index contributed by atoms with van der Waals surface area (Å²) in [5, 5.41) is 5.29. The molecular weight excluding hydrogens is 266 g/mol. The molecule has 1 heterocycles. The number of nitrogens with zero attached hydrogens (tertiary/aromatic N) is 1. The Morgan fingerprint density at radius 1 is 1.24 bits per heavy atom. The molecule has 2 N–H and O–H groups in total. The minimum absolute atomic E-state index is 0.158. The third-order valence-electron chi connectivity index (χ3n) is 4.12. The second kappa shape index (κ2) is 7.20. The highest BCUT2D eigenvalue weighted by Crippen LogP contribution is 2.17. The summed E-state index contributed by atoms with van der Waals surface area (Å²) in [6, 6.07) is 3.73. The molecule has 2 rings (SSSR count). The number of nitrogens with one attached hydrogen (secondary N) is 2. The van der Waals surface area contributed by atoms with Gasteiger partial charge in [0.1, 0.15) is 0 Å². The van der Waals surface area contributed by atoms with Gasteiger partial charge in [-0.15, -0.1) is 0 Å². The third kappa shape index (κ3) is 4.55. The van der Waals surface area contributed by atoms with Crippen LogP contribution in [0.4, 0.5) is 4.79 Å². The summed E-state index contributed by atoms with van der Waals surface area (Å²) < 4.78 is 1.85. The van der Waals surface area contributed by atoms with Gasteiger partial charge in [0.2, 0.25) is 6.54 Å². The maximum absolute atomic E-state index is 11.9. The summed E-state index contributed by atoms with van der Waals surface area (Å²) in [6.45, 7) is 4.12. The molecule has 0 aromatic carbocycles. The molecule has 3 amide bonds. The summed E-state index contributed by atoms with van der Waals surface area (Å²) >= 11 is 0. The van der Waals surface area contributed by atoms with Crippen LogP contribution in [-0.2, 0) is 11.3 Å². The minimum atomic E-state index is -0.377. The Kier molecular flexibility index (Phi) is 5.31. The molecular formula is C16H24N3O2+. The number of hydrogen-bond donors (Lipinski definition) is 2. The SMILES string of the molecule is Cc1ccc[n+](CC(=O)NC(=O)NC2CCCCC2)c1C. The predicted molar refractivity (Wildman–Crippen MR) is 79.7 cm³/mol. The van der Waals surface area contributed by atoms with Gasteiger partial charge in [-0.1, -0.05) is 19.3 Å². The van der Waals surface area contributed by atoms with Gasteiger partial charge in [-0.2, -0.15) is 4.57 Å². The molecule has 1 aliphatic carbocycles. The number of amides is 3. The van der Waals surface area contributed by atoms with Crippen molar-refractivity contribution in [3.05, 3.63) is 29.6 Å². The van der Waals surface area contributed by atoms with Crippen LogP contribution in [0.15, 0.2) is 18.3 Å². The standard InChI is InChI=1S/C16H23N3O2/c1-12-7-6-10-19(13(12)2)11-15(20)18-16(21)17-14-8-4-3-5-9-14/h6-7,10,14H,3-5,8-9,11H2,1-2H3,(H-,17,18,20,21)/p+1. The molecule has 0 spiro atoms. The Bertz CT molecular complexity index is 522. The van der Waals surface area contributed by atoms with Crippen molar-refractivity contribution in [1.82, 2.24) is 10.6 Å². The van der Waals surface area contributed by atoms with Crippen molar-refractivity contribution in [1.29, 1.82) is 0 Å². The fourth-order valence-electron chi connectivity index (χ4n) is 2.71. The van der Waals surface area contributed by atoms with Crippen LogP contribution < -0.4 is 15.2 Å². The van der Waals surface area contributed by atoms with Crippen LogP contribution in [0.5, 0.6) is 0 Å². The van der Waals surface area contributed by atoms with Crippen LogP contribution in [0.3, 0.4) is 0 Å². The number of aryl methyl sites for hydroxylation is 1. The van der Waals surface area contributed by atoms with Crippen LogP contribution in [0.1, 0.15) is 43.4 Å². The fourth-order valence-corrected chi connectivity index (χ4v) is 2.71. The monoisotopic (exact) mass is 290 g/mol. The maximum atomic E-state index is 11.9.